The highest BCUT2D eigenvalue weighted by Crippen LogP contribution is 2.19. The molecule has 1 aliphatic heterocycles. The van der Waals surface area contributed by atoms with Crippen LogP contribution in [0.2, 0.25) is 0 Å². The van der Waals surface area contributed by atoms with Crippen molar-refractivity contribution < 1.29 is 4.79 Å². The summed E-state index contributed by atoms with van der Waals surface area (Å²) in [6.07, 6.45) is 3.13. The van der Waals surface area contributed by atoms with Crippen LogP contribution in [0.5, 0.6) is 0 Å². The number of nitrogens with zero attached hydrogens (tertiary/aromatic N) is 3. The van der Waals surface area contributed by atoms with E-state index in [1.807, 2.05) is 29.2 Å². The van der Waals surface area contributed by atoms with E-state index < -0.39 is 0 Å². The molecule has 1 aromatic carbocycles. The van der Waals surface area contributed by atoms with E-state index in [1.165, 1.54) is 5.56 Å². The number of aryl methyl sites for hydroxylation is 1. The number of hydrazine groups is 1. The number of aromatic nitrogens is 2. The molecule has 1 aliphatic rings. The van der Waals surface area contributed by atoms with E-state index in [4.69, 9.17) is 5.84 Å². The maximum absolute atomic E-state index is 12.4. The maximum Gasteiger partial charge on any atom is 0.222 e. The number of fused-ring (bicyclic) bond motifs is 1. The molecule has 0 radical (unpaired) electrons. The Kier molecular flexibility index (Phi) is 4.83. The van der Waals surface area contributed by atoms with Crippen molar-refractivity contribution in [2.45, 2.75) is 32.2 Å². The smallest absolute Gasteiger partial charge is 0.222 e. The minimum absolute atomic E-state index is 0.200. The van der Waals surface area contributed by atoms with Crippen molar-refractivity contribution in [3.8, 4) is 0 Å². The minimum Gasteiger partial charge on any atom is -0.338 e. The van der Waals surface area contributed by atoms with Crippen molar-refractivity contribution in [1.82, 2.24) is 15.1 Å². The average molecular weight is 311 g/mol. The number of carbonyl (C=O) groups is 1. The predicted molar refractivity (Wildman–Crippen MR) is 88.3 cm³/mol. The molecule has 120 valence electrons. The van der Waals surface area contributed by atoms with Crippen LogP contribution in [-0.4, -0.2) is 27.5 Å². The number of amides is 1. The van der Waals surface area contributed by atoms with Gasteiger partial charge in [0, 0.05) is 25.9 Å². The minimum atomic E-state index is 0.200. The first kappa shape index (κ1) is 15.4. The number of hydrogen-bond donors (Lipinski definition) is 2. The fourth-order valence-electron chi connectivity index (χ4n) is 2.86. The number of carbonyl (C=O) groups excluding carboxylic acids is 1. The number of rotatable bonds is 5. The molecule has 0 unspecified atom stereocenters. The lowest BCUT2D eigenvalue weighted by molar-refractivity contribution is -0.132. The molecule has 6 nitrogen and oxygen atoms in total. The van der Waals surface area contributed by atoms with Crippen LogP contribution in [0.15, 0.2) is 36.4 Å². The number of benzene rings is 1. The number of nitrogens with two attached hydrogens (primary N) is 1. The second kappa shape index (κ2) is 7.19. The molecule has 3 rings (SSSR count). The summed E-state index contributed by atoms with van der Waals surface area (Å²) in [5.41, 5.74) is 5.75. The van der Waals surface area contributed by atoms with E-state index in [-0.39, 0.29) is 5.91 Å². The Hall–Kier alpha value is -2.47. The Labute approximate surface area is 135 Å². The summed E-state index contributed by atoms with van der Waals surface area (Å²) < 4.78 is 0. The molecule has 3 N–H and O–H groups in total. The number of hydrogen-bond acceptors (Lipinski definition) is 5. The van der Waals surface area contributed by atoms with Gasteiger partial charge >= 0.3 is 0 Å². The summed E-state index contributed by atoms with van der Waals surface area (Å²) in [5, 5.41) is 8.13. The molecular formula is C17H21N5O. The van der Waals surface area contributed by atoms with Gasteiger partial charge in [0.25, 0.3) is 0 Å². The standard InChI is InChI=1S/C17H21N5O/c18-19-16-11-14-12-22(10-9-15(14)20-21-16)17(23)8-4-7-13-5-2-1-3-6-13/h1-3,5-6,11H,4,7-10,12,18H2,(H,19,21). The lowest BCUT2D eigenvalue weighted by Crippen LogP contribution is -2.36. The molecule has 1 amide bonds. The first-order valence-electron chi connectivity index (χ1n) is 7.90. The predicted octanol–water partition coefficient (Wildman–Crippen LogP) is 1.67. The summed E-state index contributed by atoms with van der Waals surface area (Å²) in [5.74, 6) is 6.09. The van der Waals surface area contributed by atoms with Gasteiger partial charge in [0.05, 0.1) is 5.69 Å². The third-order valence-electron chi connectivity index (χ3n) is 4.14. The molecule has 0 aliphatic carbocycles. The van der Waals surface area contributed by atoms with Crippen LogP contribution in [0.25, 0.3) is 0 Å². The highest BCUT2D eigenvalue weighted by molar-refractivity contribution is 5.76. The van der Waals surface area contributed by atoms with E-state index in [2.05, 4.69) is 27.8 Å². The van der Waals surface area contributed by atoms with E-state index in [1.54, 1.807) is 0 Å². The first-order valence-corrected chi connectivity index (χ1v) is 7.90. The SMILES string of the molecule is NNc1cc2c(nn1)CCN(C(=O)CCCc1ccccc1)C2. The number of nitrogens with one attached hydrogen (secondary N) is 1. The van der Waals surface area contributed by atoms with Crippen molar-refractivity contribution in [2.24, 2.45) is 5.84 Å². The molecule has 23 heavy (non-hydrogen) atoms. The molecule has 1 aromatic heterocycles. The lowest BCUT2D eigenvalue weighted by Gasteiger charge is -2.28. The molecule has 0 bridgehead atoms. The van der Waals surface area contributed by atoms with E-state index in [0.29, 0.717) is 25.3 Å². The summed E-state index contributed by atoms with van der Waals surface area (Å²) in [6.45, 7) is 1.30. The second-order valence-electron chi connectivity index (χ2n) is 5.75. The van der Waals surface area contributed by atoms with Crippen LogP contribution in [0.3, 0.4) is 0 Å². The zero-order valence-corrected chi connectivity index (χ0v) is 13.0. The van der Waals surface area contributed by atoms with Gasteiger partial charge in [0.1, 0.15) is 0 Å². The van der Waals surface area contributed by atoms with Crippen molar-refractivity contribution in [2.75, 3.05) is 12.0 Å². The Morgan fingerprint density at radius 1 is 1.26 bits per heavy atom. The average Bonchev–Trinajstić information content (AvgIpc) is 2.61. The van der Waals surface area contributed by atoms with Crippen molar-refractivity contribution >= 4 is 11.7 Å². The molecule has 2 heterocycles. The van der Waals surface area contributed by atoms with E-state index in [0.717, 1.165) is 30.5 Å². The molecule has 6 heteroatoms. The third-order valence-corrected chi connectivity index (χ3v) is 4.14. The van der Waals surface area contributed by atoms with Gasteiger partial charge in [-0.2, -0.15) is 5.10 Å². The van der Waals surface area contributed by atoms with E-state index >= 15 is 0 Å². The van der Waals surface area contributed by atoms with Crippen molar-refractivity contribution in [3.63, 3.8) is 0 Å². The first-order chi connectivity index (χ1) is 11.3. The normalized spacial score (nSPS) is 13.5. The van der Waals surface area contributed by atoms with Crippen LogP contribution >= 0.6 is 0 Å². The Bertz CT molecular complexity index is 674. The van der Waals surface area contributed by atoms with Crippen LogP contribution in [0.1, 0.15) is 29.7 Å². The molecule has 0 fully saturated rings. The maximum atomic E-state index is 12.4. The van der Waals surface area contributed by atoms with Crippen LogP contribution in [0, 0.1) is 0 Å². The summed E-state index contributed by atoms with van der Waals surface area (Å²) in [4.78, 5) is 14.3. The highest BCUT2D eigenvalue weighted by Gasteiger charge is 2.21. The topological polar surface area (TPSA) is 84.1 Å². The monoisotopic (exact) mass is 311 g/mol. The zero-order chi connectivity index (χ0) is 16.1. The van der Waals surface area contributed by atoms with Gasteiger partial charge < -0.3 is 10.3 Å². The van der Waals surface area contributed by atoms with Crippen molar-refractivity contribution in [1.29, 1.82) is 0 Å². The van der Waals surface area contributed by atoms with E-state index in [9.17, 15) is 4.79 Å². The fourth-order valence-corrected chi connectivity index (χ4v) is 2.86. The Balaban J connectivity index is 1.54. The van der Waals surface area contributed by atoms with Gasteiger partial charge in [-0.25, -0.2) is 5.84 Å². The molecule has 0 atom stereocenters. The van der Waals surface area contributed by atoms with Gasteiger partial charge in [-0.3, -0.25) is 4.79 Å². The lowest BCUT2D eigenvalue weighted by atomic mass is 10.0. The van der Waals surface area contributed by atoms with Gasteiger partial charge in [0.2, 0.25) is 5.91 Å². The summed E-state index contributed by atoms with van der Waals surface area (Å²) >= 11 is 0. The quantitative estimate of drug-likeness (QED) is 0.648. The summed E-state index contributed by atoms with van der Waals surface area (Å²) in [7, 11) is 0. The van der Waals surface area contributed by atoms with Crippen molar-refractivity contribution in [3.05, 3.63) is 53.2 Å². The third kappa shape index (κ3) is 3.84. The largest absolute Gasteiger partial charge is 0.338 e. The van der Waals surface area contributed by atoms with Crippen LogP contribution < -0.4 is 11.3 Å². The van der Waals surface area contributed by atoms with Gasteiger partial charge in [-0.1, -0.05) is 30.3 Å². The number of nitrogen functional groups attached to an aromatic ring is 1. The molecule has 0 spiro atoms. The zero-order valence-electron chi connectivity index (χ0n) is 13.0. The molecular weight excluding hydrogens is 290 g/mol. The van der Waals surface area contributed by atoms with Gasteiger partial charge in [-0.15, -0.1) is 5.10 Å². The molecule has 0 saturated carbocycles. The Morgan fingerprint density at radius 2 is 2.09 bits per heavy atom. The fraction of sp³-hybridized carbons (Fsp3) is 0.353. The van der Waals surface area contributed by atoms with Gasteiger partial charge in [-0.05, 0) is 30.0 Å². The molecule has 2 aromatic rings. The van der Waals surface area contributed by atoms with Gasteiger partial charge in [0.15, 0.2) is 5.82 Å². The summed E-state index contributed by atoms with van der Waals surface area (Å²) in [6, 6.07) is 12.1. The second-order valence-corrected chi connectivity index (χ2v) is 5.75. The highest BCUT2D eigenvalue weighted by atomic mass is 16.2. The molecule has 0 saturated heterocycles. The Morgan fingerprint density at radius 3 is 2.87 bits per heavy atom. The van der Waals surface area contributed by atoms with Crippen LogP contribution in [0.4, 0.5) is 5.82 Å². The number of anilines is 1. The van der Waals surface area contributed by atoms with Crippen LogP contribution in [-0.2, 0) is 24.2 Å².